The number of esters is 1. The number of nitrogens with zero attached hydrogens (tertiary/aromatic N) is 3. The maximum Gasteiger partial charge on any atom is 0.346 e. The summed E-state index contributed by atoms with van der Waals surface area (Å²) in [5, 5.41) is 5.02. The third kappa shape index (κ3) is 5.64. The Morgan fingerprint density at radius 1 is 1.13 bits per heavy atom. The van der Waals surface area contributed by atoms with Crippen LogP contribution in [0.15, 0.2) is 89.3 Å². The predicted molar refractivity (Wildman–Crippen MR) is 148 cm³/mol. The summed E-state index contributed by atoms with van der Waals surface area (Å²) in [4.78, 5) is 30.2. The molecule has 0 fully saturated rings. The number of aromatic nitrogens is 2. The smallest absolute Gasteiger partial charge is 0.346 e. The maximum absolute atomic E-state index is 13.5. The van der Waals surface area contributed by atoms with Gasteiger partial charge >= 0.3 is 5.97 Å². The highest BCUT2D eigenvalue weighted by Gasteiger charge is 2.21. The van der Waals surface area contributed by atoms with Crippen LogP contribution in [0.2, 0.25) is 0 Å². The van der Waals surface area contributed by atoms with Crippen LogP contribution in [0.5, 0.6) is 11.5 Å². The maximum atomic E-state index is 13.5. The number of ether oxygens (including phenoxy) is 3. The van der Waals surface area contributed by atoms with Gasteiger partial charge in [-0.25, -0.2) is 9.78 Å². The average molecular weight is 512 g/mol. The third-order valence-electron chi connectivity index (χ3n) is 5.75. The molecule has 0 unspecified atom stereocenters. The van der Waals surface area contributed by atoms with E-state index in [2.05, 4.69) is 11.7 Å². The van der Waals surface area contributed by atoms with Crippen molar-refractivity contribution in [2.24, 2.45) is 5.10 Å². The number of allylic oxidation sites excluding steroid dienone is 1. The predicted octanol–water partition coefficient (Wildman–Crippen LogP) is 5.01. The van der Waals surface area contributed by atoms with E-state index < -0.39 is 12.1 Å². The number of carbonyl (C=O) groups is 1. The van der Waals surface area contributed by atoms with Crippen molar-refractivity contribution in [1.82, 2.24) is 9.66 Å². The molecule has 38 heavy (non-hydrogen) atoms. The van der Waals surface area contributed by atoms with Crippen molar-refractivity contribution < 1.29 is 19.0 Å². The van der Waals surface area contributed by atoms with Gasteiger partial charge in [-0.3, -0.25) is 4.79 Å². The van der Waals surface area contributed by atoms with Gasteiger partial charge in [0.05, 0.1) is 30.8 Å². The van der Waals surface area contributed by atoms with E-state index in [9.17, 15) is 9.59 Å². The zero-order chi connectivity index (χ0) is 27.1. The number of benzene rings is 3. The van der Waals surface area contributed by atoms with E-state index in [1.165, 1.54) is 11.8 Å². The van der Waals surface area contributed by atoms with Gasteiger partial charge < -0.3 is 14.2 Å². The van der Waals surface area contributed by atoms with E-state index in [-0.39, 0.29) is 5.56 Å². The topological polar surface area (TPSA) is 92.0 Å². The molecule has 4 aromatic rings. The molecule has 4 rings (SSSR count). The number of hydrogen-bond donors (Lipinski definition) is 0. The number of fused-ring (bicyclic) bond motifs is 1. The summed E-state index contributed by atoms with van der Waals surface area (Å²) in [5.41, 5.74) is 2.48. The van der Waals surface area contributed by atoms with Crippen molar-refractivity contribution in [3.8, 4) is 22.9 Å². The Bertz CT molecular complexity index is 1540. The van der Waals surface area contributed by atoms with Crippen molar-refractivity contribution >= 4 is 23.1 Å². The highest BCUT2D eigenvalue weighted by atomic mass is 16.6. The minimum absolute atomic E-state index is 0.283. The fourth-order valence-electron chi connectivity index (χ4n) is 3.98. The molecule has 0 saturated carbocycles. The standard InChI is InChI=1S/C30H29N3O5/c1-5-12-23-17-21(18-26(37-6-2)27(23)38-20(3)30(35)36-4)19-31-33-28(22-13-8-7-9-14-22)32-25-16-11-10-15-24(25)29(33)34/h5,7-11,13-20H,1,6,12H2,2-4H3/t20-/m1/s1. The fourth-order valence-corrected chi connectivity index (χ4v) is 3.98. The summed E-state index contributed by atoms with van der Waals surface area (Å²) >= 11 is 0. The van der Waals surface area contributed by atoms with Gasteiger partial charge in [0.2, 0.25) is 0 Å². The molecule has 0 aliphatic rings. The monoisotopic (exact) mass is 511 g/mol. The van der Waals surface area contributed by atoms with Crippen LogP contribution in [0.3, 0.4) is 0 Å². The van der Waals surface area contributed by atoms with Gasteiger partial charge in [-0.15, -0.1) is 6.58 Å². The lowest BCUT2D eigenvalue weighted by Crippen LogP contribution is -2.25. The molecule has 0 saturated heterocycles. The van der Waals surface area contributed by atoms with Crippen LogP contribution in [0, 0.1) is 0 Å². The van der Waals surface area contributed by atoms with Crippen LogP contribution in [-0.2, 0) is 16.0 Å². The Balaban J connectivity index is 1.84. The van der Waals surface area contributed by atoms with Crippen LogP contribution in [-0.4, -0.2) is 41.7 Å². The zero-order valence-electron chi connectivity index (χ0n) is 21.6. The van der Waals surface area contributed by atoms with Gasteiger partial charge in [-0.1, -0.05) is 48.5 Å². The minimum atomic E-state index is -0.835. The number of rotatable bonds is 10. The van der Waals surface area contributed by atoms with Crippen molar-refractivity contribution in [1.29, 1.82) is 0 Å². The second-order valence-corrected chi connectivity index (χ2v) is 8.40. The molecular weight excluding hydrogens is 482 g/mol. The first kappa shape index (κ1) is 26.3. The lowest BCUT2D eigenvalue weighted by atomic mass is 10.1. The Kier molecular flexibility index (Phi) is 8.33. The van der Waals surface area contributed by atoms with Gasteiger partial charge in [0.15, 0.2) is 23.4 Å². The van der Waals surface area contributed by atoms with Crippen LogP contribution < -0.4 is 15.0 Å². The largest absolute Gasteiger partial charge is 0.490 e. The number of para-hydroxylation sites is 1. The van der Waals surface area contributed by atoms with Crippen molar-refractivity contribution in [3.63, 3.8) is 0 Å². The molecule has 0 N–H and O–H groups in total. The number of hydrogen-bond acceptors (Lipinski definition) is 7. The van der Waals surface area contributed by atoms with E-state index in [1.807, 2.05) is 49.4 Å². The van der Waals surface area contributed by atoms with Crippen molar-refractivity contribution in [3.05, 3.63) is 101 Å². The second-order valence-electron chi connectivity index (χ2n) is 8.40. The van der Waals surface area contributed by atoms with Crippen LogP contribution >= 0.6 is 0 Å². The summed E-state index contributed by atoms with van der Waals surface area (Å²) in [6.07, 6.45) is 2.93. The van der Waals surface area contributed by atoms with E-state index in [1.54, 1.807) is 43.5 Å². The number of carbonyl (C=O) groups excluding carboxylic acids is 1. The summed E-state index contributed by atoms with van der Waals surface area (Å²) in [7, 11) is 1.31. The van der Waals surface area contributed by atoms with Gasteiger partial charge in [0, 0.05) is 11.1 Å². The molecule has 1 atom stereocenters. The van der Waals surface area contributed by atoms with Gasteiger partial charge in [-0.2, -0.15) is 9.78 Å². The fraction of sp³-hybridized carbons (Fsp3) is 0.200. The highest BCUT2D eigenvalue weighted by molar-refractivity contribution is 5.83. The SMILES string of the molecule is C=CCc1cc(C=Nn2c(-c3ccccc3)nc3ccccc3c2=O)cc(OCC)c1O[C@H](C)C(=O)OC. The Hall–Kier alpha value is -4.72. The first-order valence-electron chi connectivity index (χ1n) is 12.2. The molecule has 0 aliphatic heterocycles. The summed E-state index contributed by atoms with van der Waals surface area (Å²) in [6, 6.07) is 20.2. The lowest BCUT2D eigenvalue weighted by molar-refractivity contribution is -0.147. The lowest BCUT2D eigenvalue weighted by Gasteiger charge is -2.19. The molecule has 194 valence electrons. The van der Waals surface area contributed by atoms with Gasteiger partial charge in [-0.05, 0) is 50.1 Å². The Morgan fingerprint density at radius 2 is 1.87 bits per heavy atom. The molecule has 1 heterocycles. The molecular formula is C30H29N3O5. The number of methoxy groups -OCH3 is 1. The van der Waals surface area contributed by atoms with Crippen LogP contribution in [0.4, 0.5) is 0 Å². The van der Waals surface area contributed by atoms with E-state index in [0.29, 0.717) is 46.8 Å². The first-order chi connectivity index (χ1) is 18.5. The molecule has 3 aromatic carbocycles. The minimum Gasteiger partial charge on any atom is -0.490 e. The normalized spacial score (nSPS) is 11.9. The first-order valence-corrected chi connectivity index (χ1v) is 12.2. The summed E-state index contributed by atoms with van der Waals surface area (Å²) in [5.74, 6) is 0.792. The van der Waals surface area contributed by atoms with Gasteiger partial charge in [0.1, 0.15) is 0 Å². The van der Waals surface area contributed by atoms with E-state index >= 15 is 0 Å². The van der Waals surface area contributed by atoms with E-state index in [4.69, 9.17) is 19.2 Å². The molecule has 0 aliphatic carbocycles. The molecule has 0 radical (unpaired) electrons. The average Bonchev–Trinajstić information content (AvgIpc) is 2.94. The van der Waals surface area contributed by atoms with Crippen LogP contribution in [0.25, 0.3) is 22.3 Å². The Morgan fingerprint density at radius 3 is 2.58 bits per heavy atom. The summed E-state index contributed by atoms with van der Waals surface area (Å²) < 4.78 is 17.9. The zero-order valence-corrected chi connectivity index (χ0v) is 21.6. The van der Waals surface area contributed by atoms with Crippen molar-refractivity contribution in [2.45, 2.75) is 26.4 Å². The van der Waals surface area contributed by atoms with Crippen LogP contribution in [0.1, 0.15) is 25.0 Å². The van der Waals surface area contributed by atoms with Crippen molar-refractivity contribution in [2.75, 3.05) is 13.7 Å². The summed E-state index contributed by atoms with van der Waals surface area (Å²) in [6.45, 7) is 7.68. The quantitative estimate of drug-likeness (QED) is 0.169. The molecule has 1 aromatic heterocycles. The highest BCUT2D eigenvalue weighted by Crippen LogP contribution is 2.34. The Labute approximate surface area is 220 Å². The third-order valence-corrected chi connectivity index (χ3v) is 5.75. The molecule has 8 heteroatoms. The van der Waals surface area contributed by atoms with Gasteiger partial charge in [0.25, 0.3) is 5.56 Å². The second kappa shape index (κ2) is 12.0. The molecule has 0 spiro atoms. The molecule has 0 amide bonds. The van der Waals surface area contributed by atoms with E-state index in [0.717, 1.165) is 11.1 Å². The molecule has 8 nitrogen and oxygen atoms in total. The molecule has 0 bridgehead atoms.